The first-order valence-corrected chi connectivity index (χ1v) is 6.74. The molecule has 0 saturated heterocycles. The molecule has 0 bridgehead atoms. The lowest BCUT2D eigenvalue weighted by Crippen LogP contribution is -2.38. The second-order valence-electron chi connectivity index (χ2n) is 4.27. The maximum Gasteiger partial charge on any atom is 0.471 e. The van der Waals surface area contributed by atoms with Crippen LogP contribution in [0, 0.1) is 0 Å². The Balaban J connectivity index is 3.06. The summed E-state index contributed by atoms with van der Waals surface area (Å²) in [7, 11) is 0. The fourth-order valence-corrected chi connectivity index (χ4v) is 1.75. The fourth-order valence-electron chi connectivity index (χ4n) is 1.57. The summed E-state index contributed by atoms with van der Waals surface area (Å²) in [6, 6.07) is 4.43. The van der Waals surface area contributed by atoms with Gasteiger partial charge in [0, 0.05) is 10.6 Å². The summed E-state index contributed by atoms with van der Waals surface area (Å²) in [5.41, 5.74) is -0.177. The van der Waals surface area contributed by atoms with Crippen LogP contribution in [0.3, 0.4) is 0 Å². The largest absolute Gasteiger partial charge is 0.493 e. The molecule has 5 nitrogen and oxygen atoms in total. The van der Waals surface area contributed by atoms with Crippen LogP contribution >= 0.6 is 11.6 Å². The topological polar surface area (TPSA) is 75.6 Å². The van der Waals surface area contributed by atoms with E-state index in [9.17, 15) is 22.8 Å². The average Bonchev–Trinajstić information content (AvgIpc) is 2.44. The molecule has 23 heavy (non-hydrogen) atoms. The molecule has 1 aromatic rings. The maximum atomic E-state index is 12.1. The summed E-state index contributed by atoms with van der Waals surface area (Å²) in [6.45, 7) is 1.21. The van der Waals surface area contributed by atoms with Gasteiger partial charge in [0.15, 0.2) is 0 Å². The van der Waals surface area contributed by atoms with Crippen molar-refractivity contribution in [1.29, 1.82) is 0 Å². The highest BCUT2D eigenvalue weighted by molar-refractivity contribution is 6.30. The van der Waals surface area contributed by atoms with Crippen molar-refractivity contribution in [2.45, 2.75) is 13.1 Å². The molecule has 126 valence electrons. The molecule has 0 aliphatic heterocycles. The fraction of sp³-hybridized carbons (Fsp3) is 0.286. The minimum Gasteiger partial charge on any atom is -0.493 e. The number of benzene rings is 1. The minimum absolute atomic E-state index is 0.276. The molecule has 2 N–H and O–H groups in total. The van der Waals surface area contributed by atoms with Gasteiger partial charge < -0.3 is 15.2 Å². The molecule has 0 heterocycles. The molecule has 1 aromatic carbocycles. The third kappa shape index (κ3) is 5.82. The Kier molecular flexibility index (Phi) is 6.44. The van der Waals surface area contributed by atoms with Crippen LogP contribution in [-0.4, -0.2) is 36.3 Å². The Morgan fingerprint density at radius 2 is 2.04 bits per heavy atom. The number of aliphatic carboxylic acids is 1. The van der Waals surface area contributed by atoms with Crippen molar-refractivity contribution in [3.05, 3.63) is 34.4 Å². The standard InChI is InChI=1S/C14H13ClF3NO4/c1-2-23-11-4-3-10(15)6-8(11)5-9(12(20)21)7-19-13(22)14(16,17)18/h3-6H,2,7H2,1H3,(H,19,22)(H,20,21). The average molecular weight is 352 g/mol. The highest BCUT2D eigenvalue weighted by atomic mass is 35.5. The van der Waals surface area contributed by atoms with Gasteiger partial charge in [-0.2, -0.15) is 13.2 Å². The van der Waals surface area contributed by atoms with Crippen LogP contribution in [0.4, 0.5) is 13.2 Å². The number of halogens is 4. The van der Waals surface area contributed by atoms with Gasteiger partial charge in [0.05, 0.1) is 18.7 Å². The first kappa shape index (κ1) is 18.8. The van der Waals surface area contributed by atoms with E-state index in [-0.39, 0.29) is 5.56 Å². The molecule has 0 aliphatic carbocycles. The number of nitrogens with one attached hydrogen (secondary N) is 1. The predicted octanol–water partition coefficient (Wildman–Crippen LogP) is 2.89. The first-order valence-electron chi connectivity index (χ1n) is 6.36. The number of hydrogen-bond donors (Lipinski definition) is 2. The Morgan fingerprint density at radius 3 is 2.57 bits per heavy atom. The molecule has 1 amide bonds. The lowest BCUT2D eigenvalue weighted by Gasteiger charge is -2.11. The zero-order valence-corrected chi connectivity index (χ0v) is 12.7. The van der Waals surface area contributed by atoms with E-state index in [1.807, 2.05) is 0 Å². The molecular weight excluding hydrogens is 339 g/mol. The smallest absolute Gasteiger partial charge is 0.471 e. The van der Waals surface area contributed by atoms with Gasteiger partial charge >= 0.3 is 18.1 Å². The number of carboxylic acid groups (broad SMARTS) is 1. The predicted molar refractivity (Wildman–Crippen MR) is 77.3 cm³/mol. The van der Waals surface area contributed by atoms with Crippen LogP contribution in [0.25, 0.3) is 6.08 Å². The van der Waals surface area contributed by atoms with E-state index in [0.29, 0.717) is 17.4 Å². The van der Waals surface area contributed by atoms with Gasteiger partial charge in [-0.05, 0) is 31.2 Å². The van der Waals surface area contributed by atoms with Gasteiger partial charge in [-0.3, -0.25) is 4.79 Å². The summed E-state index contributed by atoms with van der Waals surface area (Å²) in [6.07, 6.45) is -3.99. The first-order chi connectivity index (χ1) is 10.6. The molecule has 0 atom stereocenters. The quantitative estimate of drug-likeness (QED) is 0.773. The van der Waals surface area contributed by atoms with E-state index < -0.39 is 30.2 Å². The molecule has 0 fully saturated rings. The highest BCUT2D eigenvalue weighted by Crippen LogP contribution is 2.25. The second kappa shape index (κ2) is 7.87. The number of hydrogen-bond acceptors (Lipinski definition) is 3. The van der Waals surface area contributed by atoms with Crippen LogP contribution < -0.4 is 10.1 Å². The van der Waals surface area contributed by atoms with Crippen molar-refractivity contribution in [2.75, 3.05) is 13.2 Å². The third-order valence-electron chi connectivity index (χ3n) is 2.57. The number of ether oxygens (including phenoxy) is 1. The lowest BCUT2D eigenvalue weighted by atomic mass is 10.1. The molecule has 0 unspecified atom stereocenters. The number of carbonyl (C=O) groups excluding carboxylic acids is 1. The molecule has 0 aliphatic rings. The summed E-state index contributed by atoms with van der Waals surface area (Å²) < 4.78 is 41.7. The zero-order valence-electron chi connectivity index (χ0n) is 11.9. The number of rotatable bonds is 6. The Labute approximate surface area is 134 Å². The minimum atomic E-state index is -5.09. The SMILES string of the molecule is CCOc1ccc(Cl)cc1C=C(CNC(=O)C(F)(F)F)C(=O)O. The molecule has 9 heteroatoms. The van der Waals surface area contributed by atoms with Crippen molar-refractivity contribution >= 4 is 29.6 Å². The number of carbonyl (C=O) groups is 2. The van der Waals surface area contributed by atoms with Gasteiger partial charge in [0.2, 0.25) is 0 Å². The van der Waals surface area contributed by atoms with Crippen LogP contribution in [0.15, 0.2) is 23.8 Å². The van der Waals surface area contributed by atoms with E-state index >= 15 is 0 Å². The summed E-state index contributed by atoms with van der Waals surface area (Å²) in [5.74, 6) is -3.38. The van der Waals surface area contributed by atoms with Crippen molar-refractivity contribution in [2.24, 2.45) is 0 Å². The van der Waals surface area contributed by atoms with Crippen LogP contribution in [0.2, 0.25) is 5.02 Å². The Morgan fingerprint density at radius 1 is 1.39 bits per heavy atom. The molecule has 0 aromatic heterocycles. The summed E-state index contributed by atoms with van der Waals surface area (Å²) in [5, 5.41) is 10.9. The lowest BCUT2D eigenvalue weighted by molar-refractivity contribution is -0.173. The normalized spacial score (nSPS) is 12.0. The molecular formula is C14H13ClF3NO4. The van der Waals surface area contributed by atoms with E-state index in [4.69, 9.17) is 21.4 Å². The van der Waals surface area contributed by atoms with Gasteiger partial charge in [0.25, 0.3) is 0 Å². The highest BCUT2D eigenvalue weighted by Gasteiger charge is 2.38. The van der Waals surface area contributed by atoms with Crippen molar-refractivity contribution in [3.8, 4) is 5.75 Å². The van der Waals surface area contributed by atoms with Crippen molar-refractivity contribution < 1.29 is 32.6 Å². The van der Waals surface area contributed by atoms with Gasteiger partial charge in [-0.15, -0.1) is 0 Å². The van der Waals surface area contributed by atoms with E-state index in [1.54, 1.807) is 6.92 Å². The number of carboxylic acids is 1. The van der Waals surface area contributed by atoms with Gasteiger partial charge in [-0.25, -0.2) is 4.79 Å². The van der Waals surface area contributed by atoms with E-state index in [1.165, 1.54) is 23.5 Å². The summed E-state index contributed by atoms with van der Waals surface area (Å²) >= 11 is 5.82. The van der Waals surface area contributed by atoms with Gasteiger partial charge in [-0.1, -0.05) is 11.6 Å². The third-order valence-corrected chi connectivity index (χ3v) is 2.81. The van der Waals surface area contributed by atoms with Crippen molar-refractivity contribution in [1.82, 2.24) is 5.32 Å². The monoisotopic (exact) mass is 351 g/mol. The van der Waals surface area contributed by atoms with Crippen LogP contribution in [-0.2, 0) is 9.59 Å². The maximum absolute atomic E-state index is 12.1. The van der Waals surface area contributed by atoms with Crippen LogP contribution in [0.5, 0.6) is 5.75 Å². The molecule has 0 saturated carbocycles. The van der Waals surface area contributed by atoms with Gasteiger partial charge in [0.1, 0.15) is 5.75 Å². The summed E-state index contributed by atoms with van der Waals surface area (Å²) in [4.78, 5) is 21.9. The Bertz CT molecular complexity index is 629. The van der Waals surface area contributed by atoms with Crippen LogP contribution in [0.1, 0.15) is 12.5 Å². The van der Waals surface area contributed by atoms with Crippen molar-refractivity contribution in [3.63, 3.8) is 0 Å². The zero-order chi connectivity index (χ0) is 17.6. The number of alkyl halides is 3. The van der Waals surface area contributed by atoms with E-state index in [0.717, 1.165) is 6.08 Å². The second-order valence-corrected chi connectivity index (χ2v) is 4.71. The molecule has 1 rings (SSSR count). The number of amides is 1. The van der Waals surface area contributed by atoms with E-state index in [2.05, 4.69) is 0 Å². The Hall–Kier alpha value is -2.22. The molecule has 0 spiro atoms. The molecule has 0 radical (unpaired) electrons.